The summed E-state index contributed by atoms with van der Waals surface area (Å²) in [6.45, 7) is 2.61. The third kappa shape index (κ3) is 2.42. The Balaban J connectivity index is 2.80. The topological polar surface area (TPSA) is 42.1 Å². The van der Waals surface area contributed by atoms with Crippen molar-refractivity contribution in [1.82, 2.24) is 4.98 Å². The summed E-state index contributed by atoms with van der Waals surface area (Å²) in [5.41, 5.74) is 9.93. The first-order chi connectivity index (χ1) is 8.52. The molecule has 96 valence electrons. The van der Waals surface area contributed by atoms with E-state index in [9.17, 15) is 0 Å². The minimum atomic E-state index is 0.600. The zero-order valence-electron chi connectivity index (χ0n) is 11.0. The number of hydrogen-bond donors (Lipinski definition) is 1. The lowest BCUT2D eigenvalue weighted by molar-refractivity contribution is 0.971. The minimum absolute atomic E-state index is 0.600. The average Bonchev–Trinajstić information content (AvgIpc) is 2.29. The average molecular weight is 264 g/mol. The predicted molar refractivity (Wildman–Crippen MR) is 78.6 cm³/mol. The van der Waals surface area contributed by atoms with E-state index in [-0.39, 0.29) is 0 Å². The molecule has 4 heteroatoms. The molecule has 0 saturated carbocycles. The summed E-state index contributed by atoms with van der Waals surface area (Å²) in [4.78, 5) is 6.72. The molecule has 0 saturated heterocycles. The van der Waals surface area contributed by atoms with Crippen LogP contribution in [-0.4, -0.2) is 25.6 Å². The molecule has 0 aliphatic rings. The number of nitrogens with zero attached hydrogens (tertiary/aromatic N) is 2. The van der Waals surface area contributed by atoms with E-state index in [0.29, 0.717) is 6.54 Å². The molecule has 2 aromatic rings. The fourth-order valence-corrected chi connectivity index (χ4v) is 2.42. The van der Waals surface area contributed by atoms with Crippen molar-refractivity contribution < 1.29 is 0 Å². The van der Waals surface area contributed by atoms with Crippen LogP contribution in [0.15, 0.2) is 18.2 Å². The van der Waals surface area contributed by atoms with Gasteiger partial charge in [0.05, 0.1) is 5.52 Å². The van der Waals surface area contributed by atoms with Gasteiger partial charge in [-0.15, -0.1) is 0 Å². The van der Waals surface area contributed by atoms with E-state index in [0.717, 1.165) is 39.3 Å². The van der Waals surface area contributed by atoms with Crippen LogP contribution in [0.2, 0.25) is 5.02 Å². The zero-order valence-corrected chi connectivity index (χ0v) is 11.8. The van der Waals surface area contributed by atoms with Crippen LogP contribution in [0.25, 0.3) is 10.9 Å². The molecule has 0 atom stereocenters. The van der Waals surface area contributed by atoms with Gasteiger partial charge in [-0.1, -0.05) is 11.6 Å². The first-order valence-corrected chi connectivity index (χ1v) is 6.38. The van der Waals surface area contributed by atoms with Gasteiger partial charge in [-0.05, 0) is 43.7 Å². The largest absolute Gasteiger partial charge is 0.377 e. The predicted octanol–water partition coefficient (Wildman–Crippen LogP) is 2.76. The van der Waals surface area contributed by atoms with Crippen LogP contribution in [0.5, 0.6) is 0 Å². The molecule has 0 aliphatic heterocycles. The van der Waals surface area contributed by atoms with Crippen LogP contribution in [0.4, 0.5) is 5.69 Å². The molecular weight excluding hydrogens is 246 g/mol. The quantitative estimate of drug-likeness (QED) is 0.926. The SMILES string of the molecule is Cc1cc(N(C)C)c2cc(Cl)cc(CCN)c2n1. The Morgan fingerprint density at radius 2 is 2.00 bits per heavy atom. The van der Waals surface area contributed by atoms with Crippen LogP contribution in [0, 0.1) is 6.92 Å². The van der Waals surface area contributed by atoms with Gasteiger partial charge in [-0.25, -0.2) is 0 Å². The molecule has 2 N–H and O–H groups in total. The summed E-state index contributed by atoms with van der Waals surface area (Å²) in [7, 11) is 4.05. The third-order valence-electron chi connectivity index (χ3n) is 2.96. The van der Waals surface area contributed by atoms with Gasteiger partial charge in [0.2, 0.25) is 0 Å². The smallest absolute Gasteiger partial charge is 0.0759 e. The van der Waals surface area contributed by atoms with Crippen molar-refractivity contribution >= 4 is 28.2 Å². The Bertz CT molecular complexity index is 579. The second kappa shape index (κ2) is 5.12. The monoisotopic (exact) mass is 263 g/mol. The maximum Gasteiger partial charge on any atom is 0.0759 e. The summed E-state index contributed by atoms with van der Waals surface area (Å²) in [5, 5.41) is 1.82. The van der Waals surface area contributed by atoms with Crippen LogP contribution in [-0.2, 0) is 6.42 Å². The Morgan fingerprint density at radius 1 is 1.28 bits per heavy atom. The van der Waals surface area contributed by atoms with Crippen LogP contribution in [0.1, 0.15) is 11.3 Å². The third-order valence-corrected chi connectivity index (χ3v) is 3.18. The molecule has 0 amide bonds. The van der Waals surface area contributed by atoms with Crippen molar-refractivity contribution in [2.24, 2.45) is 5.73 Å². The number of aryl methyl sites for hydroxylation is 1. The van der Waals surface area contributed by atoms with Gasteiger partial charge in [-0.2, -0.15) is 0 Å². The van der Waals surface area contributed by atoms with E-state index in [1.807, 2.05) is 33.2 Å². The first kappa shape index (κ1) is 13.1. The number of nitrogens with two attached hydrogens (primary N) is 1. The van der Waals surface area contributed by atoms with E-state index in [1.165, 1.54) is 0 Å². The highest BCUT2D eigenvalue weighted by atomic mass is 35.5. The molecule has 1 aromatic carbocycles. The number of rotatable bonds is 3. The Kier molecular flexibility index (Phi) is 3.73. The fourth-order valence-electron chi connectivity index (χ4n) is 2.18. The summed E-state index contributed by atoms with van der Waals surface area (Å²) >= 11 is 6.19. The molecular formula is C14H18ClN3. The fraction of sp³-hybridized carbons (Fsp3) is 0.357. The highest BCUT2D eigenvalue weighted by molar-refractivity contribution is 6.31. The summed E-state index contributed by atoms with van der Waals surface area (Å²) in [6, 6.07) is 6.01. The van der Waals surface area contributed by atoms with E-state index >= 15 is 0 Å². The van der Waals surface area contributed by atoms with Crippen molar-refractivity contribution in [1.29, 1.82) is 0 Å². The molecule has 1 heterocycles. The Morgan fingerprint density at radius 3 is 2.61 bits per heavy atom. The van der Waals surface area contributed by atoms with Gasteiger partial charge >= 0.3 is 0 Å². The lowest BCUT2D eigenvalue weighted by Crippen LogP contribution is -2.11. The molecule has 0 spiro atoms. The van der Waals surface area contributed by atoms with E-state index in [2.05, 4.69) is 16.0 Å². The van der Waals surface area contributed by atoms with E-state index in [1.54, 1.807) is 0 Å². The number of anilines is 1. The molecule has 0 fully saturated rings. The minimum Gasteiger partial charge on any atom is -0.377 e. The van der Waals surface area contributed by atoms with Crippen LogP contribution < -0.4 is 10.6 Å². The van der Waals surface area contributed by atoms with Gasteiger partial charge in [-0.3, -0.25) is 4.98 Å². The molecule has 0 aliphatic carbocycles. The highest BCUT2D eigenvalue weighted by Crippen LogP contribution is 2.30. The van der Waals surface area contributed by atoms with Crippen LogP contribution >= 0.6 is 11.6 Å². The number of pyridine rings is 1. The number of benzene rings is 1. The number of fused-ring (bicyclic) bond motifs is 1. The van der Waals surface area contributed by atoms with Crippen molar-refractivity contribution in [2.75, 3.05) is 25.5 Å². The van der Waals surface area contributed by atoms with Crippen molar-refractivity contribution in [3.05, 3.63) is 34.5 Å². The van der Waals surface area contributed by atoms with Crippen molar-refractivity contribution in [3.8, 4) is 0 Å². The van der Waals surface area contributed by atoms with E-state index in [4.69, 9.17) is 17.3 Å². The van der Waals surface area contributed by atoms with Gasteiger partial charge in [0.15, 0.2) is 0 Å². The normalized spacial score (nSPS) is 10.9. The Labute approximate surface area is 113 Å². The zero-order chi connectivity index (χ0) is 13.3. The number of hydrogen-bond acceptors (Lipinski definition) is 3. The molecule has 0 unspecified atom stereocenters. The standard InChI is InChI=1S/C14H18ClN3/c1-9-6-13(18(2)3)12-8-11(15)7-10(4-5-16)14(12)17-9/h6-8H,4-5,16H2,1-3H3. The lowest BCUT2D eigenvalue weighted by Gasteiger charge is -2.17. The second-order valence-electron chi connectivity index (χ2n) is 4.68. The van der Waals surface area contributed by atoms with Crippen molar-refractivity contribution in [2.45, 2.75) is 13.3 Å². The molecule has 0 radical (unpaired) electrons. The van der Waals surface area contributed by atoms with Gasteiger partial charge in [0.1, 0.15) is 0 Å². The van der Waals surface area contributed by atoms with Crippen LogP contribution in [0.3, 0.4) is 0 Å². The van der Waals surface area contributed by atoms with Gasteiger partial charge in [0, 0.05) is 35.9 Å². The summed E-state index contributed by atoms with van der Waals surface area (Å²) in [5.74, 6) is 0. The first-order valence-electron chi connectivity index (χ1n) is 6.00. The second-order valence-corrected chi connectivity index (χ2v) is 5.11. The summed E-state index contributed by atoms with van der Waals surface area (Å²) in [6.07, 6.45) is 0.792. The molecule has 2 rings (SSSR count). The number of halogens is 1. The lowest BCUT2D eigenvalue weighted by atomic mass is 10.0. The maximum atomic E-state index is 6.19. The highest BCUT2D eigenvalue weighted by Gasteiger charge is 2.10. The molecule has 3 nitrogen and oxygen atoms in total. The van der Waals surface area contributed by atoms with E-state index < -0.39 is 0 Å². The van der Waals surface area contributed by atoms with Crippen molar-refractivity contribution in [3.63, 3.8) is 0 Å². The molecule has 1 aromatic heterocycles. The number of aromatic nitrogens is 1. The molecule has 18 heavy (non-hydrogen) atoms. The summed E-state index contributed by atoms with van der Waals surface area (Å²) < 4.78 is 0. The Hall–Kier alpha value is -1.32. The van der Waals surface area contributed by atoms with Gasteiger partial charge < -0.3 is 10.6 Å². The maximum absolute atomic E-state index is 6.19. The van der Waals surface area contributed by atoms with Gasteiger partial charge in [0.25, 0.3) is 0 Å². The molecule has 0 bridgehead atoms.